The summed E-state index contributed by atoms with van der Waals surface area (Å²) < 4.78 is 10.4. The Labute approximate surface area is 121 Å². The molecule has 0 aromatic heterocycles. The maximum atomic E-state index is 12.3. The molecule has 0 fully saturated rings. The molecular formula is C16H13NO4. The van der Waals surface area contributed by atoms with Crippen molar-refractivity contribution in [1.29, 1.82) is 0 Å². The summed E-state index contributed by atoms with van der Waals surface area (Å²) in [6, 6.07) is 12.1. The Kier molecular flexibility index (Phi) is 3.10. The first-order chi connectivity index (χ1) is 10.2. The molecule has 0 saturated heterocycles. The molecule has 2 aromatic rings. The second kappa shape index (κ2) is 4.94. The lowest BCUT2D eigenvalue weighted by Crippen LogP contribution is -2.25. The number of Topliss-reactive ketones (excluding diaryl/α,β-unsaturated/α-hetero) is 1. The number of para-hydroxylation sites is 2. The highest BCUT2D eigenvalue weighted by molar-refractivity contribution is 6.53. The molecule has 0 saturated carbocycles. The van der Waals surface area contributed by atoms with Crippen LogP contribution < -0.4 is 14.4 Å². The number of rotatable bonds is 3. The predicted molar refractivity (Wildman–Crippen MR) is 77.5 cm³/mol. The number of carbonyl (C=O) groups excluding carboxylic acids is 2. The Morgan fingerprint density at radius 2 is 1.67 bits per heavy atom. The zero-order valence-electron chi connectivity index (χ0n) is 11.6. The van der Waals surface area contributed by atoms with Crippen molar-refractivity contribution < 1.29 is 19.1 Å². The van der Waals surface area contributed by atoms with E-state index < -0.39 is 11.7 Å². The van der Waals surface area contributed by atoms with Crippen molar-refractivity contribution in [2.75, 3.05) is 19.1 Å². The second-order valence-electron chi connectivity index (χ2n) is 4.52. The smallest absolute Gasteiger partial charge is 0.304 e. The van der Waals surface area contributed by atoms with Crippen molar-refractivity contribution >= 4 is 23.1 Å². The van der Waals surface area contributed by atoms with E-state index in [1.54, 1.807) is 42.5 Å². The quantitative estimate of drug-likeness (QED) is 0.812. The molecule has 0 bridgehead atoms. The number of anilines is 2. The molecule has 1 amide bonds. The molecule has 106 valence electrons. The number of benzene rings is 2. The summed E-state index contributed by atoms with van der Waals surface area (Å²) in [5, 5.41) is 0. The summed E-state index contributed by atoms with van der Waals surface area (Å²) in [6.07, 6.45) is 0. The van der Waals surface area contributed by atoms with Gasteiger partial charge in [-0.3, -0.25) is 14.5 Å². The van der Waals surface area contributed by atoms with Gasteiger partial charge in [0, 0.05) is 0 Å². The highest BCUT2D eigenvalue weighted by Gasteiger charge is 2.38. The summed E-state index contributed by atoms with van der Waals surface area (Å²) in [7, 11) is 3.04. The van der Waals surface area contributed by atoms with Crippen molar-refractivity contribution in [3.05, 3.63) is 48.0 Å². The topological polar surface area (TPSA) is 55.8 Å². The van der Waals surface area contributed by atoms with E-state index in [-0.39, 0.29) is 0 Å². The fourth-order valence-corrected chi connectivity index (χ4v) is 2.40. The molecule has 21 heavy (non-hydrogen) atoms. The first-order valence-electron chi connectivity index (χ1n) is 6.37. The van der Waals surface area contributed by atoms with Gasteiger partial charge in [-0.05, 0) is 30.3 Å². The zero-order chi connectivity index (χ0) is 15.0. The van der Waals surface area contributed by atoms with Crippen LogP contribution in [0.3, 0.4) is 0 Å². The van der Waals surface area contributed by atoms with Gasteiger partial charge in [0.05, 0.1) is 31.2 Å². The lowest BCUT2D eigenvalue weighted by Gasteiger charge is -2.19. The Balaban J connectivity index is 2.18. The normalized spacial score (nSPS) is 13.3. The van der Waals surface area contributed by atoms with Crippen LogP contribution in [-0.2, 0) is 4.79 Å². The number of amides is 1. The average molecular weight is 283 g/mol. The van der Waals surface area contributed by atoms with E-state index in [1.165, 1.54) is 19.1 Å². The van der Waals surface area contributed by atoms with Crippen molar-refractivity contribution in [3.63, 3.8) is 0 Å². The van der Waals surface area contributed by atoms with E-state index in [9.17, 15) is 9.59 Å². The molecule has 0 aliphatic carbocycles. The SMILES string of the molecule is COc1ccc2c(c1)C(=O)C(=O)N2c1ccccc1OC. The first kappa shape index (κ1) is 13.2. The van der Waals surface area contributed by atoms with E-state index >= 15 is 0 Å². The van der Waals surface area contributed by atoms with Gasteiger partial charge in [0.25, 0.3) is 5.78 Å². The molecule has 5 heteroatoms. The monoisotopic (exact) mass is 283 g/mol. The number of ketones is 1. The number of hydrogen-bond donors (Lipinski definition) is 0. The third-order valence-electron chi connectivity index (χ3n) is 3.41. The molecule has 0 atom stereocenters. The van der Waals surface area contributed by atoms with Crippen molar-refractivity contribution in [3.8, 4) is 11.5 Å². The molecule has 3 rings (SSSR count). The van der Waals surface area contributed by atoms with Crippen LogP contribution in [0.2, 0.25) is 0 Å². The highest BCUT2D eigenvalue weighted by atomic mass is 16.5. The van der Waals surface area contributed by atoms with Crippen molar-refractivity contribution in [2.45, 2.75) is 0 Å². The van der Waals surface area contributed by atoms with Gasteiger partial charge in [0.2, 0.25) is 0 Å². The molecular weight excluding hydrogens is 270 g/mol. The Morgan fingerprint density at radius 1 is 0.905 bits per heavy atom. The summed E-state index contributed by atoms with van der Waals surface area (Å²) in [5.41, 5.74) is 1.42. The first-order valence-corrected chi connectivity index (χ1v) is 6.37. The van der Waals surface area contributed by atoms with Gasteiger partial charge in [0.1, 0.15) is 11.5 Å². The highest BCUT2D eigenvalue weighted by Crippen LogP contribution is 2.40. The van der Waals surface area contributed by atoms with Gasteiger partial charge in [-0.1, -0.05) is 12.1 Å². The average Bonchev–Trinajstić information content (AvgIpc) is 2.78. The number of ether oxygens (including phenoxy) is 2. The maximum Gasteiger partial charge on any atom is 0.304 e. The van der Waals surface area contributed by atoms with E-state index in [1.807, 2.05) is 0 Å². The third-order valence-corrected chi connectivity index (χ3v) is 3.41. The molecule has 0 N–H and O–H groups in total. The largest absolute Gasteiger partial charge is 0.497 e. The van der Waals surface area contributed by atoms with Crippen LogP contribution >= 0.6 is 0 Å². The summed E-state index contributed by atoms with van der Waals surface area (Å²) in [6.45, 7) is 0. The van der Waals surface area contributed by atoms with Crippen LogP contribution in [0.15, 0.2) is 42.5 Å². The Morgan fingerprint density at radius 3 is 2.38 bits per heavy atom. The number of fused-ring (bicyclic) bond motifs is 1. The molecule has 1 heterocycles. The standard InChI is InChI=1S/C16H13NO4/c1-20-10-7-8-12-11(9-10)15(18)16(19)17(12)13-5-3-4-6-14(13)21-2/h3-9H,1-2H3. The van der Waals surface area contributed by atoms with Crippen LogP contribution in [0, 0.1) is 0 Å². The van der Waals surface area contributed by atoms with Gasteiger partial charge >= 0.3 is 5.91 Å². The van der Waals surface area contributed by atoms with Crippen LogP contribution in [0.5, 0.6) is 11.5 Å². The predicted octanol–water partition coefficient (Wildman–Crippen LogP) is 2.56. The molecule has 0 spiro atoms. The van der Waals surface area contributed by atoms with Crippen LogP contribution in [0.25, 0.3) is 0 Å². The van der Waals surface area contributed by atoms with Crippen LogP contribution in [0.1, 0.15) is 10.4 Å². The zero-order valence-corrected chi connectivity index (χ0v) is 11.6. The van der Waals surface area contributed by atoms with Gasteiger partial charge in [-0.25, -0.2) is 0 Å². The molecule has 5 nitrogen and oxygen atoms in total. The fourth-order valence-electron chi connectivity index (χ4n) is 2.40. The number of carbonyl (C=O) groups is 2. The lowest BCUT2D eigenvalue weighted by atomic mass is 10.1. The Hall–Kier alpha value is -2.82. The van der Waals surface area contributed by atoms with E-state index in [2.05, 4.69) is 0 Å². The van der Waals surface area contributed by atoms with Gasteiger partial charge < -0.3 is 9.47 Å². The van der Waals surface area contributed by atoms with Crippen LogP contribution in [0.4, 0.5) is 11.4 Å². The maximum absolute atomic E-state index is 12.3. The van der Waals surface area contributed by atoms with E-state index in [4.69, 9.17) is 9.47 Å². The molecule has 1 aliphatic rings. The molecule has 2 aromatic carbocycles. The molecule has 0 unspecified atom stereocenters. The van der Waals surface area contributed by atoms with Crippen molar-refractivity contribution in [2.24, 2.45) is 0 Å². The fraction of sp³-hybridized carbons (Fsp3) is 0.125. The summed E-state index contributed by atoms with van der Waals surface area (Å²) in [5.74, 6) is -0.0725. The minimum Gasteiger partial charge on any atom is -0.497 e. The van der Waals surface area contributed by atoms with Gasteiger partial charge in [0.15, 0.2) is 0 Å². The Bertz CT molecular complexity index is 739. The second-order valence-corrected chi connectivity index (χ2v) is 4.52. The van der Waals surface area contributed by atoms with Gasteiger partial charge in [-0.2, -0.15) is 0 Å². The van der Waals surface area contributed by atoms with Crippen LogP contribution in [-0.4, -0.2) is 25.9 Å². The third kappa shape index (κ3) is 1.94. The molecule has 1 aliphatic heterocycles. The number of nitrogens with zero attached hydrogens (tertiary/aromatic N) is 1. The number of methoxy groups -OCH3 is 2. The summed E-state index contributed by atoms with van der Waals surface area (Å²) in [4.78, 5) is 25.8. The van der Waals surface area contributed by atoms with Crippen molar-refractivity contribution in [1.82, 2.24) is 0 Å². The van der Waals surface area contributed by atoms with Gasteiger partial charge in [-0.15, -0.1) is 0 Å². The lowest BCUT2D eigenvalue weighted by molar-refractivity contribution is -0.113. The van der Waals surface area contributed by atoms with E-state index in [0.717, 1.165) is 0 Å². The number of hydrogen-bond acceptors (Lipinski definition) is 4. The molecule has 0 radical (unpaired) electrons. The minimum absolute atomic E-state index is 0.338. The summed E-state index contributed by atoms with van der Waals surface area (Å²) >= 11 is 0. The van der Waals surface area contributed by atoms with E-state index in [0.29, 0.717) is 28.4 Å². The minimum atomic E-state index is -0.595.